The molecule has 0 bridgehead atoms. The van der Waals surface area contributed by atoms with Crippen molar-refractivity contribution in [3.8, 4) is 0 Å². The minimum absolute atomic E-state index is 1.02. The Hall–Kier alpha value is -0.860. The lowest BCUT2D eigenvalue weighted by Crippen LogP contribution is -1.80. The zero-order valence-corrected chi connectivity index (χ0v) is 12.2. The molecular formula is C15H18S2. The molecular weight excluding hydrogens is 244 g/mol. The van der Waals surface area contributed by atoms with Crippen LogP contribution in [0.1, 0.15) is 19.4 Å². The molecule has 2 heteroatoms. The van der Waals surface area contributed by atoms with Crippen molar-refractivity contribution in [1.82, 2.24) is 0 Å². The van der Waals surface area contributed by atoms with Crippen molar-refractivity contribution in [2.45, 2.75) is 30.6 Å². The summed E-state index contributed by atoms with van der Waals surface area (Å²) in [6, 6.07) is 6.18. The van der Waals surface area contributed by atoms with Gasteiger partial charge >= 0.3 is 0 Å². The van der Waals surface area contributed by atoms with Gasteiger partial charge in [0.05, 0.1) is 0 Å². The lowest BCUT2D eigenvalue weighted by Gasteiger charge is -2.06. The van der Waals surface area contributed by atoms with Gasteiger partial charge in [0, 0.05) is 14.7 Å². The SMILES string of the molecule is C=C(/C=C\C=C(C)C)Sc1cccc(C)c1S. The number of benzene rings is 1. The van der Waals surface area contributed by atoms with Gasteiger partial charge < -0.3 is 0 Å². The quantitative estimate of drug-likeness (QED) is 0.430. The van der Waals surface area contributed by atoms with E-state index in [1.54, 1.807) is 11.8 Å². The summed E-state index contributed by atoms with van der Waals surface area (Å²) < 4.78 is 0. The molecule has 1 aromatic carbocycles. The molecule has 0 saturated carbocycles. The van der Waals surface area contributed by atoms with Crippen molar-refractivity contribution in [1.29, 1.82) is 0 Å². The second-order valence-corrected chi connectivity index (χ2v) is 5.71. The van der Waals surface area contributed by atoms with Gasteiger partial charge in [0.15, 0.2) is 0 Å². The van der Waals surface area contributed by atoms with Gasteiger partial charge in [-0.1, -0.05) is 48.2 Å². The molecule has 0 heterocycles. The third-order valence-corrected chi connectivity index (χ3v) is 3.86. The molecule has 0 N–H and O–H groups in total. The first kappa shape index (κ1) is 14.2. The average Bonchev–Trinajstić information content (AvgIpc) is 2.24. The first-order valence-electron chi connectivity index (χ1n) is 5.47. The molecule has 0 aliphatic carbocycles. The summed E-state index contributed by atoms with van der Waals surface area (Å²) in [4.78, 5) is 3.21. The highest BCUT2D eigenvalue weighted by Crippen LogP contribution is 2.32. The van der Waals surface area contributed by atoms with E-state index >= 15 is 0 Å². The van der Waals surface area contributed by atoms with Crippen LogP contribution in [0.5, 0.6) is 0 Å². The molecule has 0 amide bonds. The molecule has 0 saturated heterocycles. The Labute approximate surface area is 114 Å². The summed E-state index contributed by atoms with van der Waals surface area (Å²) in [5.74, 6) is 0. The summed E-state index contributed by atoms with van der Waals surface area (Å²) in [6.45, 7) is 10.2. The van der Waals surface area contributed by atoms with Crippen molar-refractivity contribution >= 4 is 24.4 Å². The molecule has 17 heavy (non-hydrogen) atoms. The lowest BCUT2D eigenvalue weighted by molar-refractivity contribution is 1.18. The van der Waals surface area contributed by atoms with Crippen LogP contribution >= 0.6 is 24.4 Å². The first-order valence-corrected chi connectivity index (χ1v) is 6.74. The summed E-state index contributed by atoms with van der Waals surface area (Å²) in [5, 5.41) is 0. The van der Waals surface area contributed by atoms with E-state index in [-0.39, 0.29) is 0 Å². The van der Waals surface area contributed by atoms with E-state index in [1.165, 1.54) is 11.1 Å². The molecule has 0 aromatic heterocycles. The largest absolute Gasteiger partial charge is 0.142 e. The van der Waals surface area contributed by atoms with Crippen molar-refractivity contribution < 1.29 is 0 Å². The van der Waals surface area contributed by atoms with E-state index in [0.717, 1.165) is 14.7 Å². The average molecular weight is 262 g/mol. The van der Waals surface area contributed by atoms with Gasteiger partial charge in [-0.2, -0.15) is 0 Å². The Morgan fingerprint density at radius 2 is 2.06 bits per heavy atom. The highest BCUT2D eigenvalue weighted by atomic mass is 32.2. The van der Waals surface area contributed by atoms with Crippen LogP contribution < -0.4 is 0 Å². The fourth-order valence-electron chi connectivity index (χ4n) is 1.24. The zero-order chi connectivity index (χ0) is 12.8. The Kier molecular flexibility index (Phi) is 5.66. The minimum atomic E-state index is 1.02. The molecule has 1 aromatic rings. The molecule has 1 rings (SSSR count). The third-order valence-electron chi connectivity index (χ3n) is 2.15. The van der Waals surface area contributed by atoms with E-state index in [0.29, 0.717) is 0 Å². The monoisotopic (exact) mass is 262 g/mol. The first-order chi connectivity index (χ1) is 8.00. The van der Waals surface area contributed by atoms with E-state index in [2.05, 4.69) is 58.2 Å². The van der Waals surface area contributed by atoms with Crippen LogP contribution in [0, 0.1) is 6.92 Å². The summed E-state index contributed by atoms with van der Waals surface area (Å²) in [6.07, 6.45) is 6.12. The highest BCUT2D eigenvalue weighted by Gasteiger charge is 2.02. The topological polar surface area (TPSA) is 0 Å². The Morgan fingerprint density at radius 3 is 2.71 bits per heavy atom. The second-order valence-electron chi connectivity index (χ2n) is 4.09. The summed E-state index contributed by atoms with van der Waals surface area (Å²) >= 11 is 6.16. The molecule has 90 valence electrons. The Balaban J connectivity index is 2.72. The number of aryl methyl sites for hydroxylation is 1. The van der Waals surface area contributed by atoms with Crippen LogP contribution in [0.15, 0.2) is 63.3 Å². The van der Waals surface area contributed by atoms with Gasteiger partial charge in [-0.3, -0.25) is 0 Å². The normalized spacial score (nSPS) is 10.6. The van der Waals surface area contributed by atoms with Gasteiger partial charge in [-0.15, -0.1) is 12.6 Å². The maximum Gasteiger partial charge on any atom is 0.0258 e. The van der Waals surface area contributed by atoms with Gasteiger partial charge in [0.25, 0.3) is 0 Å². The Morgan fingerprint density at radius 1 is 1.35 bits per heavy atom. The molecule has 0 nitrogen and oxygen atoms in total. The number of hydrogen-bond acceptors (Lipinski definition) is 2. The maximum absolute atomic E-state index is 4.51. The van der Waals surface area contributed by atoms with Gasteiger partial charge in [-0.05, 0) is 38.5 Å². The fourth-order valence-corrected chi connectivity index (χ4v) is 2.36. The van der Waals surface area contributed by atoms with Crippen LogP contribution in [-0.2, 0) is 0 Å². The van der Waals surface area contributed by atoms with Crippen LogP contribution in [0.4, 0.5) is 0 Å². The molecule has 0 fully saturated rings. The van der Waals surface area contributed by atoms with Crippen LogP contribution in [0.25, 0.3) is 0 Å². The smallest absolute Gasteiger partial charge is 0.0258 e. The molecule has 0 unspecified atom stereocenters. The van der Waals surface area contributed by atoms with E-state index in [9.17, 15) is 0 Å². The number of hydrogen-bond donors (Lipinski definition) is 1. The van der Waals surface area contributed by atoms with Gasteiger partial charge in [0.2, 0.25) is 0 Å². The van der Waals surface area contributed by atoms with Gasteiger partial charge in [-0.25, -0.2) is 0 Å². The third kappa shape index (κ3) is 4.88. The maximum atomic E-state index is 4.51. The highest BCUT2D eigenvalue weighted by molar-refractivity contribution is 8.03. The van der Waals surface area contributed by atoms with Crippen LogP contribution in [0.3, 0.4) is 0 Å². The summed E-state index contributed by atoms with van der Waals surface area (Å²) in [5.41, 5.74) is 2.48. The van der Waals surface area contributed by atoms with Crippen LogP contribution in [-0.4, -0.2) is 0 Å². The van der Waals surface area contributed by atoms with Crippen molar-refractivity contribution in [2.75, 3.05) is 0 Å². The molecule has 0 spiro atoms. The van der Waals surface area contributed by atoms with E-state index in [4.69, 9.17) is 0 Å². The predicted octanol–water partition coefficient (Wildman–Crippen LogP) is 5.41. The summed E-state index contributed by atoms with van der Waals surface area (Å²) in [7, 11) is 0. The van der Waals surface area contributed by atoms with E-state index < -0.39 is 0 Å². The number of thioether (sulfide) groups is 1. The van der Waals surface area contributed by atoms with Gasteiger partial charge in [0.1, 0.15) is 0 Å². The predicted molar refractivity (Wildman–Crippen MR) is 82.0 cm³/mol. The number of rotatable bonds is 4. The standard InChI is InChI=1S/C15H18S2/c1-11(2)7-5-9-13(4)17-14-10-6-8-12(3)15(14)16/h5-10,16H,4H2,1-3H3/b9-5-. The zero-order valence-electron chi connectivity index (χ0n) is 10.5. The fraction of sp³-hybridized carbons (Fsp3) is 0.200. The lowest BCUT2D eigenvalue weighted by atomic mass is 10.2. The molecule has 0 atom stereocenters. The van der Waals surface area contributed by atoms with E-state index in [1.807, 2.05) is 18.2 Å². The molecule has 0 aliphatic rings. The van der Waals surface area contributed by atoms with Crippen molar-refractivity contribution in [3.63, 3.8) is 0 Å². The van der Waals surface area contributed by atoms with Crippen LogP contribution in [0.2, 0.25) is 0 Å². The second kappa shape index (κ2) is 6.77. The minimum Gasteiger partial charge on any atom is -0.142 e. The van der Waals surface area contributed by atoms with Crippen molar-refractivity contribution in [3.05, 3.63) is 59.0 Å². The number of allylic oxidation sites excluding steroid dienone is 4. The molecule has 0 radical (unpaired) electrons. The Bertz CT molecular complexity index is 464. The molecule has 0 aliphatic heterocycles. The number of thiol groups is 1. The van der Waals surface area contributed by atoms with Crippen molar-refractivity contribution in [2.24, 2.45) is 0 Å².